The highest BCUT2D eigenvalue weighted by atomic mass is 32.1. The van der Waals surface area contributed by atoms with Gasteiger partial charge in [0, 0.05) is 42.4 Å². The number of rotatable bonds is 4. The van der Waals surface area contributed by atoms with E-state index < -0.39 is 0 Å². The van der Waals surface area contributed by atoms with Crippen molar-refractivity contribution in [2.45, 2.75) is 50.4 Å². The molecule has 0 atom stereocenters. The summed E-state index contributed by atoms with van der Waals surface area (Å²) in [5.41, 5.74) is 17.6. The van der Waals surface area contributed by atoms with Gasteiger partial charge in [0.25, 0.3) is 0 Å². The Kier molecular flexibility index (Phi) is 6.41. The Bertz CT molecular complexity index is 2720. The van der Waals surface area contributed by atoms with Crippen molar-refractivity contribution in [1.29, 1.82) is 0 Å². The molecule has 0 aliphatic heterocycles. The third-order valence-corrected chi connectivity index (χ3v) is 13.8. The van der Waals surface area contributed by atoms with Gasteiger partial charge in [0.05, 0.1) is 5.69 Å². The van der Waals surface area contributed by atoms with E-state index in [2.05, 4.69) is 170 Å². The summed E-state index contributed by atoms with van der Waals surface area (Å²) in [6.07, 6.45) is 5.02. The Hall–Kier alpha value is -5.44. The van der Waals surface area contributed by atoms with E-state index in [-0.39, 0.29) is 10.8 Å². The fraction of sp³-hybridized carbons (Fsp3) is 0.160. The van der Waals surface area contributed by atoms with E-state index in [4.69, 9.17) is 0 Å². The number of anilines is 3. The molecule has 0 bridgehead atoms. The second-order valence-corrected chi connectivity index (χ2v) is 16.6. The largest absolute Gasteiger partial charge is 0.310 e. The lowest BCUT2D eigenvalue weighted by Gasteiger charge is -2.33. The fourth-order valence-corrected chi connectivity index (χ4v) is 11.5. The number of hydrogen-bond donors (Lipinski definition) is 0. The van der Waals surface area contributed by atoms with Crippen LogP contribution in [0.5, 0.6) is 0 Å². The summed E-state index contributed by atoms with van der Waals surface area (Å²) >= 11 is 1.90. The predicted octanol–water partition coefficient (Wildman–Crippen LogP) is 14.3. The van der Waals surface area contributed by atoms with Crippen molar-refractivity contribution < 1.29 is 0 Å². The molecule has 7 aromatic carbocycles. The van der Waals surface area contributed by atoms with Crippen LogP contribution in [0.3, 0.4) is 0 Å². The highest BCUT2D eigenvalue weighted by Gasteiger charge is 2.45. The smallest absolute Gasteiger partial charge is 0.0508 e. The number of nitrogens with zero attached hydrogens (tertiary/aromatic N) is 1. The van der Waals surface area contributed by atoms with Gasteiger partial charge in [-0.1, -0.05) is 142 Å². The highest BCUT2D eigenvalue weighted by Crippen LogP contribution is 2.59. The summed E-state index contributed by atoms with van der Waals surface area (Å²) in [5, 5.41) is 2.68. The highest BCUT2D eigenvalue weighted by molar-refractivity contribution is 7.26. The predicted molar refractivity (Wildman–Crippen MR) is 222 cm³/mol. The lowest BCUT2D eigenvalue weighted by Crippen LogP contribution is -2.22. The van der Waals surface area contributed by atoms with Crippen LogP contribution in [0.4, 0.5) is 17.1 Å². The lowest BCUT2D eigenvalue weighted by molar-refractivity contribution is 0.550. The van der Waals surface area contributed by atoms with Crippen molar-refractivity contribution in [3.05, 3.63) is 174 Å². The van der Waals surface area contributed by atoms with Crippen LogP contribution in [0.15, 0.2) is 152 Å². The first-order valence-corrected chi connectivity index (χ1v) is 19.6. The average molecular weight is 686 g/mol. The van der Waals surface area contributed by atoms with Crippen LogP contribution in [0.2, 0.25) is 0 Å². The molecule has 2 heteroatoms. The van der Waals surface area contributed by atoms with Gasteiger partial charge < -0.3 is 4.90 Å². The molecule has 1 fully saturated rings. The van der Waals surface area contributed by atoms with Gasteiger partial charge in [-0.3, -0.25) is 0 Å². The SMILES string of the molecule is CC1(C)c2ccccc2-c2cccc(N(c3ccc(-c4cccc5c4sc4ccccc45)cc3)c3ccc4c(c3)C3(CCCC3)c3ccccc3-4)c21. The Morgan fingerprint density at radius 3 is 1.94 bits per heavy atom. The molecule has 0 saturated heterocycles. The number of benzene rings is 7. The Labute approximate surface area is 309 Å². The molecule has 11 rings (SSSR count). The van der Waals surface area contributed by atoms with Gasteiger partial charge in [-0.25, -0.2) is 0 Å². The molecule has 0 unspecified atom stereocenters. The maximum Gasteiger partial charge on any atom is 0.0508 e. The van der Waals surface area contributed by atoms with E-state index in [9.17, 15) is 0 Å². The number of fused-ring (bicyclic) bond motifs is 11. The molecule has 3 aliphatic rings. The van der Waals surface area contributed by atoms with E-state index in [1.165, 1.54) is 119 Å². The van der Waals surface area contributed by atoms with Crippen molar-refractivity contribution in [2.75, 3.05) is 4.90 Å². The third-order valence-electron chi connectivity index (χ3n) is 12.6. The Balaban J connectivity index is 1.11. The second kappa shape index (κ2) is 11.0. The molecular formula is C50H39NS. The first-order chi connectivity index (χ1) is 25.5. The quantitative estimate of drug-likeness (QED) is 0.178. The molecule has 0 N–H and O–H groups in total. The summed E-state index contributed by atoms with van der Waals surface area (Å²) in [6, 6.07) is 57.4. The third kappa shape index (κ3) is 4.10. The standard InChI is InChI=1S/C50H39NS/c1-49(2)42-19-6-3-14-37(42)40-17-12-21-45(47(40)49)51(34-27-28-38-36-13-4-7-20-43(36)50(44(38)31-34)29-9-10-30-50)33-25-23-32(24-26-33)35-16-11-18-41-39-15-5-8-22-46(39)52-48(35)41/h3-8,11-28,31H,9-10,29-30H2,1-2H3. The van der Waals surface area contributed by atoms with E-state index in [0.29, 0.717) is 0 Å². The number of hydrogen-bond acceptors (Lipinski definition) is 2. The van der Waals surface area contributed by atoms with Crippen LogP contribution in [0.25, 0.3) is 53.6 Å². The summed E-state index contributed by atoms with van der Waals surface area (Å²) in [5.74, 6) is 0. The molecule has 8 aromatic rings. The average Bonchev–Trinajstić information content (AvgIpc) is 3.95. The minimum atomic E-state index is -0.142. The van der Waals surface area contributed by atoms with Crippen molar-refractivity contribution in [3.8, 4) is 33.4 Å². The van der Waals surface area contributed by atoms with Crippen molar-refractivity contribution in [1.82, 2.24) is 0 Å². The normalized spacial score (nSPS) is 15.9. The van der Waals surface area contributed by atoms with Gasteiger partial charge in [-0.2, -0.15) is 0 Å². The minimum absolute atomic E-state index is 0.106. The molecule has 0 radical (unpaired) electrons. The molecule has 3 aliphatic carbocycles. The molecule has 1 aromatic heterocycles. The van der Waals surface area contributed by atoms with Gasteiger partial charge in [0.1, 0.15) is 0 Å². The van der Waals surface area contributed by atoms with Gasteiger partial charge in [0.2, 0.25) is 0 Å². The van der Waals surface area contributed by atoms with E-state index in [0.717, 1.165) is 0 Å². The first-order valence-electron chi connectivity index (χ1n) is 18.8. The Morgan fingerprint density at radius 2 is 1.12 bits per heavy atom. The molecule has 250 valence electrons. The van der Waals surface area contributed by atoms with Crippen LogP contribution >= 0.6 is 11.3 Å². The van der Waals surface area contributed by atoms with E-state index in [1.807, 2.05) is 11.3 Å². The lowest BCUT2D eigenvalue weighted by atomic mass is 9.76. The van der Waals surface area contributed by atoms with Crippen molar-refractivity contribution in [3.63, 3.8) is 0 Å². The zero-order chi connectivity index (χ0) is 34.6. The second-order valence-electron chi connectivity index (χ2n) is 15.6. The summed E-state index contributed by atoms with van der Waals surface area (Å²) in [7, 11) is 0. The topological polar surface area (TPSA) is 3.24 Å². The molecule has 1 heterocycles. The van der Waals surface area contributed by atoms with Crippen molar-refractivity contribution >= 4 is 48.6 Å². The van der Waals surface area contributed by atoms with Gasteiger partial charge in [-0.15, -0.1) is 11.3 Å². The molecule has 0 amide bonds. The minimum Gasteiger partial charge on any atom is -0.310 e. The maximum atomic E-state index is 2.56. The van der Waals surface area contributed by atoms with Gasteiger partial charge in [-0.05, 0) is 105 Å². The zero-order valence-corrected chi connectivity index (χ0v) is 30.4. The van der Waals surface area contributed by atoms with E-state index >= 15 is 0 Å². The van der Waals surface area contributed by atoms with E-state index in [1.54, 1.807) is 0 Å². The molecule has 52 heavy (non-hydrogen) atoms. The summed E-state index contributed by atoms with van der Waals surface area (Å²) in [4.78, 5) is 2.56. The first kappa shape index (κ1) is 30.2. The van der Waals surface area contributed by atoms with Crippen LogP contribution < -0.4 is 4.90 Å². The van der Waals surface area contributed by atoms with Crippen molar-refractivity contribution in [2.24, 2.45) is 0 Å². The van der Waals surface area contributed by atoms with Gasteiger partial charge in [0.15, 0.2) is 0 Å². The summed E-state index contributed by atoms with van der Waals surface area (Å²) in [6.45, 7) is 4.81. The van der Waals surface area contributed by atoms with Crippen LogP contribution in [-0.4, -0.2) is 0 Å². The summed E-state index contributed by atoms with van der Waals surface area (Å²) < 4.78 is 2.70. The van der Waals surface area contributed by atoms with Crippen LogP contribution in [-0.2, 0) is 10.8 Å². The fourth-order valence-electron chi connectivity index (χ4n) is 10.3. The molecular weight excluding hydrogens is 647 g/mol. The maximum absolute atomic E-state index is 2.56. The van der Waals surface area contributed by atoms with Gasteiger partial charge >= 0.3 is 0 Å². The number of thiophene rings is 1. The molecule has 1 spiro atoms. The Morgan fingerprint density at radius 1 is 0.500 bits per heavy atom. The van der Waals surface area contributed by atoms with Crippen LogP contribution in [0.1, 0.15) is 61.8 Å². The zero-order valence-electron chi connectivity index (χ0n) is 29.6. The molecule has 1 nitrogen and oxygen atoms in total. The monoisotopic (exact) mass is 685 g/mol. The molecule has 1 saturated carbocycles. The van der Waals surface area contributed by atoms with Crippen LogP contribution in [0, 0.1) is 0 Å².